The Morgan fingerprint density at radius 2 is 2.14 bits per heavy atom. The molecule has 1 amide bonds. The normalized spacial score (nSPS) is 25.4. The summed E-state index contributed by atoms with van der Waals surface area (Å²) >= 11 is 3.36. The Kier molecular flexibility index (Phi) is 4.71. The number of carboxylic acids is 1. The highest BCUT2D eigenvalue weighted by Gasteiger charge is 2.43. The summed E-state index contributed by atoms with van der Waals surface area (Å²) in [6.45, 7) is 3.88. The van der Waals surface area contributed by atoms with Crippen molar-refractivity contribution in [1.82, 2.24) is 5.32 Å². The molecule has 114 valence electrons. The van der Waals surface area contributed by atoms with E-state index in [1.807, 2.05) is 19.9 Å². The zero-order chi connectivity index (χ0) is 15.6. The van der Waals surface area contributed by atoms with Crippen molar-refractivity contribution < 1.29 is 14.7 Å². The number of carbonyl (C=O) groups excluding carboxylic acids is 1. The van der Waals surface area contributed by atoms with Crippen molar-refractivity contribution >= 4 is 27.8 Å². The molecular formula is C16H20BrNO3. The van der Waals surface area contributed by atoms with Gasteiger partial charge in [0.1, 0.15) is 5.54 Å². The molecule has 4 nitrogen and oxygen atoms in total. The van der Waals surface area contributed by atoms with Gasteiger partial charge < -0.3 is 10.4 Å². The minimum atomic E-state index is -1.13. The van der Waals surface area contributed by atoms with Crippen LogP contribution < -0.4 is 5.32 Å². The van der Waals surface area contributed by atoms with Crippen LogP contribution in [0.15, 0.2) is 22.7 Å². The first kappa shape index (κ1) is 16.0. The van der Waals surface area contributed by atoms with Crippen molar-refractivity contribution in [3.8, 4) is 0 Å². The van der Waals surface area contributed by atoms with Crippen LogP contribution >= 0.6 is 15.9 Å². The van der Waals surface area contributed by atoms with E-state index in [-0.39, 0.29) is 5.91 Å². The van der Waals surface area contributed by atoms with E-state index in [0.29, 0.717) is 24.3 Å². The summed E-state index contributed by atoms with van der Waals surface area (Å²) < 4.78 is 0.899. The number of carbonyl (C=O) groups is 2. The van der Waals surface area contributed by atoms with Gasteiger partial charge >= 0.3 is 5.97 Å². The predicted octanol–water partition coefficient (Wildman–Crippen LogP) is 3.52. The number of rotatable bonds is 3. The molecule has 0 bridgehead atoms. The zero-order valence-electron chi connectivity index (χ0n) is 12.3. The van der Waals surface area contributed by atoms with Gasteiger partial charge in [-0.25, -0.2) is 4.79 Å². The Bertz CT molecular complexity index is 573. The van der Waals surface area contributed by atoms with E-state index < -0.39 is 11.5 Å². The smallest absolute Gasteiger partial charge is 0.329 e. The predicted molar refractivity (Wildman–Crippen MR) is 84.3 cm³/mol. The van der Waals surface area contributed by atoms with Crippen LogP contribution in [0.1, 0.15) is 48.5 Å². The van der Waals surface area contributed by atoms with Crippen LogP contribution in [0.25, 0.3) is 0 Å². The van der Waals surface area contributed by atoms with Crippen molar-refractivity contribution in [3.63, 3.8) is 0 Å². The highest BCUT2D eigenvalue weighted by molar-refractivity contribution is 9.10. The number of hydrogen-bond acceptors (Lipinski definition) is 2. The van der Waals surface area contributed by atoms with Crippen LogP contribution in [0.5, 0.6) is 0 Å². The molecule has 0 aromatic heterocycles. The molecule has 1 aromatic carbocycles. The SMILES string of the molecule is Cc1cc(Br)ccc1C(=O)NC1(C(=O)O)CCCC(C)C1. The summed E-state index contributed by atoms with van der Waals surface area (Å²) in [6, 6.07) is 5.36. The molecule has 2 N–H and O–H groups in total. The van der Waals surface area contributed by atoms with Gasteiger partial charge in [0, 0.05) is 10.0 Å². The van der Waals surface area contributed by atoms with Crippen LogP contribution in [-0.4, -0.2) is 22.5 Å². The lowest BCUT2D eigenvalue weighted by molar-refractivity contribution is -0.146. The first-order chi connectivity index (χ1) is 9.84. The quantitative estimate of drug-likeness (QED) is 0.873. The number of amides is 1. The molecule has 0 heterocycles. The van der Waals surface area contributed by atoms with Gasteiger partial charge in [-0.05, 0) is 49.4 Å². The fourth-order valence-corrected chi connectivity index (χ4v) is 3.55. The van der Waals surface area contributed by atoms with Gasteiger partial charge in [-0.1, -0.05) is 35.7 Å². The first-order valence-corrected chi connectivity index (χ1v) is 7.95. The molecule has 2 rings (SSSR count). The third kappa shape index (κ3) is 3.46. The highest BCUT2D eigenvalue weighted by atomic mass is 79.9. The molecule has 21 heavy (non-hydrogen) atoms. The van der Waals surface area contributed by atoms with Crippen LogP contribution in [0, 0.1) is 12.8 Å². The van der Waals surface area contributed by atoms with E-state index in [2.05, 4.69) is 21.2 Å². The number of aliphatic carboxylic acids is 1. The summed E-state index contributed by atoms with van der Waals surface area (Å²) in [7, 11) is 0. The number of nitrogens with one attached hydrogen (secondary N) is 1. The second-order valence-corrected chi connectivity index (χ2v) is 6.92. The topological polar surface area (TPSA) is 66.4 Å². The van der Waals surface area contributed by atoms with Crippen molar-refractivity contribution in [3.05, 3.63) is 33.8 Å². The molecule has 1 aliphatic rings. The Balaban J connectivity index is 2.24. The maximum Gasteiger partial charge on any atom is 0.329 e. The molecule has 1 saturated carbocycles. The van der Waals surface area contributed by atoms with Gasteiger partial charge in [0.05, 0.1) is 0 Å². The van der Waals surface area contributed by atoms with Gasteiger partial charge in [-0.2, -0.15) is 0 Å². The molecule has 1 aliphatic carbocycles. The summed E-state index contributed by atoms with van der Waals surface area (Å²) in [4.78, 5) is 24.2. The number of halogens is 1. The van der Waals surface area contributed by atoms with Crippen molar-refractivity contribution in [1.29, 1.82) is 0 Å². The third-order valence-electron chi connectivity index (χ3n) is 4.19. The maximum absolute atomic E-state index is 12.5. The van der Waals surface area contributed by atoms with Gasteiger partial charge in [0.25, 0.3) is 5.91 Å². The second-order valence-electron chi connectivity index (χ2n) is 6.00. The highest BCUT2D eigenvalue weighted by Crippen LogP contribution is 2.33. The molecule has 2 atom stereocenters. The number of hydrogen-bond donors (Lipinski definition) is 2. The van der Waals surface area contributed by atoms with Gasteiger partial charge in [-0.15, -0.1) is 0 Å². The Morgan fingerprint density at radius 3 is 2.71 bits per heavy atom. The van der Waals surface area contributed by atoms with E-state index in [1.54, 1.807) is 12.1 Å². The summed E-state index contributed by atoms with van der Waals surface area (Å²) in [5.41, 5.74) is 0.220. The van der Waals surface area contributed by atoms with Crippen molar-refractivity contribution in [2.24, 2.45) is 5.92 Å². The van der Waals surface area contributed by atoms with Gasteiger partial charge in [-0.3, -0.25) is 4.79 Å². The van der Waals surface area contributed by atoms with E-state index in [4.69, 9.17) is 0 Å². The average molecular weight is 354 g/mol. The molecule has 0 aliphatic heterocycles. The standard InChI is InChI=1S/C16H20BrNO3/c1-10-4-3-7-16(9-10,15(20)21)18-14(19)13-6-5-12(17)8-11(13)2/h5-6,8,10H,3-4,7,9H2,1-2H3,(H,18,19)(H,20,21). The Morgan fingerprint density at radius 1 is 1.43 bits per heavy atom. The Labute approximate surface area is 133 Å². The van der Waals surface area contributed by atoms with E-state index in [1.165, 1.54) is 0 Å². The molecule has 0 saturated heterocycles. The minimum Gasteiger partial charge on any atom is -0.480 e. The zero-order valence-corrected chi connectivity index (χ0v) is 13.9. The maximum atomic E-state index is 12.5. The van der Waals surface area contributed by atoms with E-state index in [9.17, 15) is 14.7 Å². The molecule has 5 heteroatoms. The van der Waals surface area contributed by atoms with Crippen LogP contribution in [0.4, 0.5) is 0 Å². The number of benzene rings is 1. The van der Waals surface area contributed by atoms with Crippen molar-refractivity contribution in [2.75, 3.05) is 0 Å². The van der Waals surface area contributed by atoms with E-state index in [0.717, 1.165) is 22.9 Å². The number of aryl methyl sites for hydroxylation is 1. The molecule has 0 radical (unpaired) electrons. The molecule has 1 aromatic rings. The lowest BCUT2D eigenvalue weighted by Gasteiger charge is -2.37. The lowest BCUT2D eigenvalue weighted by Crippen LogP contribution is -2.56. The monoisotopic (exact) mass is 353 g/mol. The van der Waals surface area contributed by atoms with E-state index >= 15 is 0 Å². The molecule has 0 spiro atoms. The number of carboxylic acid groups (broad SMARTS) is 1. The van der Waals surface area contributed by atoms with Crippen LogP contribution in [0.3, 0.4) is 0 Å². The largest absolute Gasteiger partial charge is 0.480 e. The van der Waals surface area contributed by atoms with Gasteiger partial charge in [0.2, 0.25) is 0 Å². The third-order valence-corrected chi connectivity index (χ3v) is 4.69. The fraction of sp³-hybridized carbons (Fsp3) is 0.500. The molecule has 2 unspecified atom stereocenters. The fourth-order valence-electron chi connectivity index (χ4n) is 3.08. The molecule has 1 fully saturated rings. The van der Waals surface area contributed by atoms with Gasteiger partial charge in [0.15, 0.2) is 0 Å². The average Bonchev–Trinajstić information content (AvgIpc) is 2.38. The van der Waals surface area contributed by atoms with Crippen LogP contribution in [0.2, 0.25) is 0 Å². The second kappa shape index (κ2) is 6.18. The summed E-state index contributed by atoms with van der Waals surface area (Å²) in [6.07, 6.45) is 2.83. The Hall–Kier alpha value is -1.36. The summed E-state index contributed by atoms with van der Waals surface area (Å²) in [5.74, 6) is -0.935. The van der Waals surface area contributed by atoms with Crippen LogP contribution in [-0.2, 0) is 4.79 Å². The van der Waals surface area contributed by atoms with Crippen molar-refractivity contribution in [2.45, 2.75) is 45.1 Å². The first-order valence-electron chi connectivity index (χ1n) is 7.16. The molecular weight excluding hydrogens is 334 g/mol. The lowest BCUT2D eigenvalue weighted by atomic mass is 9.76. The summed E-state index contributed by atoms with van der Waals surface area (Å²) in [5, 5.41) is 12.4. The minimum absolute atomic E-state index is 0.307.